The maximum Gasteiger partial charge on any atom is 0.416 e. The Morgan fingerprint density at radius 1 is 1.08 bits per heavy atom. The standard InChI is InChI=1S/C17H7F5N2S/c18-12-3-1-9(6-13(12)19)5-10(8-23)16-24-14-7-11(17(20,21)22)2-4-15(14)25-16/h1-7H. The normalized spacial score (nSPS) is 12.4. The Morgan fingerprint density at radius 3 is 2.48 bits per heavy atom. The maximum absolute atomic E-state index is 13.3. The lowest BCUT2D eigenvalue weighted by molar-refractivity contribution is -0.137. The van der Waals surface area contributed by atoms with Gasteiger partial charge in [-0.05, 0) is 42.0 Å². The second-order valence-electron chi connectivity index (χ2n) is 5.04. The molecule has 0 amide bonds. The first-order valence-electron chi connectivity index (χ1n) is 6.83. The number of nitrogens with zero attached hydrogens (tertiary/aromatic N) is 2. The smallest absolute Gasteiger partial charge is 0.235 e. The molecule has 0 spiro atoms. The summed E-state index contributed by atoms with van der Waals surface area (Å²) in [5.41, 5.74) is -0.437. The van der Waals surface area contributed by atoms with E-state index in [-0.39, 0.29) is 21.7 Å². The molecule has 0 fully saturated rings. The SMILES string of the molecule is N#CC(=Cc1ccc(F)c(F)c1)c1nc2cc(C(F)(F)F)ccc2s1. The van der Waals surface area contributed by atoms with Gasteiger partial charge in [0.2, 0.25) is 0 Å². The van der Waals surface area contributed by atoms with Gasteiger partial charge in [-0.1, -0.05) is 6.07 Å². The van der Waals surface area contributed by atoms with Crippen LogP contribution in [0, 0.1) is 23.0 Å². The third-order valence-electron chi connectivity index (χ3n) is 3.32. The fraction of sp³-hybridized carbons (Fsp3) is 0.0588. The summed E-state index contributed by atoms with van der Waals surface area (Å²) < 4.78 is 64.9. The Morgan fingerprint density at radius 2 is 1.84 bits per heavy atom. The lowest BCUT2D eigenvalue weighted by Crippen LogP contribution is -2.03. The minimum Gasteiger partial charge on any atom is -0.235 e. The van der Waals surface area contributed by atoms with Crippen molar-refractivity contribution in [2.75, 3.05) is 0 Å². The van der Waals surface area contributed by atoms with Crippen LogP contribution in [0.3, 0.4) is 0 Å². The van der Waals surface area contributed by atoms with E-state index in [0.29, 0.717) is 4.70 Å². The number of alkyl halides is 3. The number of allylic oxidation sites excluding steroid dienone is 1. The van der Waals surface area contributed by atoms with Crippen LogP contribution < -0.4 is 0 Å². The lowest BCUT2D eigenvalue weighted by atomic mass is 10.1. The summed E-state index contributed by atoms with van der Waals surface area (Å²) >= 11 is 1.04. The molecule has 1 heterocycles. The van der Waals surface area contributed by atoms with Crippen LogP contribution in [0.4, 0.5) is 22.0 Å². The average molecular weight is 366 g/mol. The van der Waals surface area contributed by atoms with E-state index in [1.54, 1.807) is 0 Å². The van der Waals surface area contributed by atoms with E-state index in [9.17, 15) is 27.2 Å². The van der Waals surface area contributed by atoms with Gasteiger partial charge in [0.1, 0.15) is 11.1 Å². The molecule has 0 saturated carbocycles. The van der Waals surface area contributed by atoms with Crippen molar-refractivity contribution < 1.29 is 22.0 Å². The minimum atomic E-state index is -4.49. The van der Waals surface area contributed by atoms with E-state index in [1.165, 1.54) is 18.2 Å². The van der Waals surface area contributed by atoms with Gasteiger partial charge in [-0.3, -0.25) is 0 Å². The van der Waals surface area contributed by atoms with Crippen molar-refractivity contribution in [3.63, 3.8) is 0 Å². The Bertz CT molecular complexity index is 1030. The van der Waals surface area contributed by atoms with Gasteiger partial charge in [0.05, 0.1) is 21.4 Å². The predicted molar refractivity (Wildman–Crippen MR) is 84.5 cm³/mol. The number of benzene rings is 2. The molecule has 0 unspecified atom stereocenters. The van der Waals surface area contributed by atoms with Crippen LogP contribution in [0.2, 0.25) is 0 Å². The van der Waals surface area contributed by atoms with E-state index >= 15 is 0 Å². The molecule has 0 saturated heterocycles. The molecule has 0 radical (unpaired) electrons. The van der Waals surface area contributed by atoms with Crippen molar-refractivity contribution in [3.05, 3.63) is 64.2 Å². The summed E-state index contributed by atoms with van der Waals surface area (Å²) in [4.78, 5) is 4.05. The highest BCUT2D eigenvalue weighted by Crippen LogP contribution is 2.34. The molecule has 3 aromatic rings. The van der Waals surface area contributed by atoms with Crippen molar-refractivity contribution in [1.29, 1.82) is 5.26 Å². The van der Waals surface area contributed by atoms with Crippen LogP contribution in [0.1, 0.15) is 16.1 Å². The largest absolute Gasteiger partial charge is 0.416 e. The number of thiazole rings is 1. The zero-order chi connectivity index (χ0) is 18.2. The molecule has 1 aromatic heterocycles. The lowest BCUT2D eigenvalue weighted by Gasteiger charge is -2.04. The van der Waals surface area contributed by atoms with Crippen molar-refractivity contribution in [2.24, 2.45) is 0 Å². The number of rotatable bonds is 2. The highest BCUT2D eigenvalue weighted by Gasteiger charge is 2.30. The molecule has 0 N–H and O–H groups in total. The molecular weight excluding hydrogens is 359 g/mol. The Labute approximate surface area is 142 Å². The predicted octanol–water partition coefficient (Wildman–Crippen LogP) is 5.66. The Balaban J connectivity index is 2.05. The highest BCUT2D eigenvalue weighted by molar-refractivity contribution is 7.19. The maximum atomic E-state index is 13.3. The van der Waals surface area contributed by atoms with Gasteiger partial charge in [-0.2, -0.15) is 18.4 Å². The van der Waals surface area contributed by atoms with Gasteiger partial charge < -0.3 is 0 Å². The minimum absolute atomic E-state index is 0.0424. The van der Waals surface area contributed by atoms with Gasteiger partial charge in [0, 0.05) is 0 Å². The van der Waals surface area contributed by atoms with Crippen molar-refractivity contribution in [2.45, 2.75) is 6.18 Å². The first-order chi connectivity index (χ1) is 11.8. The summed E-state index contributed by atoms with van der Waals surface area (Å²) in [7, 11) is 0. The molecule has 8 heteroatoms. The number of aromatic nitrogens is 1. The van der Waals surface area contributed by atoms with E-state index in [2.05, 4.69) is 4.98 Å². The molecule has 0 aliphatic rings. The quantitative estimate of drug-likeness (QED) is 0.434. The van der Waals surface area contributed by atoms with Gasteiger partial charge in [-0.15, -0.1) is 11.3 Å². The second kappa shape index (κ2) is 6.26. The van der Waals surface area contributed by atoms with E-state index in [4.69, 9.17) is 0 Å². The molecule has 0 bridgehead atoms. The monoisotopic (exact) mass is 366 g/mol. The number of hydrogen-bond donors (Lipinski definition) is 0. The van der Waals surface area contributed by atoms with Crippen molar-refractivity contribution >= 4 is 33.2 Å². The zero-order valence-corrected chi connectivity index (χ0v) is 13.1. The third-order valence-corrected chi connectivity index (χ3v) is 4.39. The second-order valence-corrected chi connectivity index (χ2v) is 6.07. The van der Waals surface area contributed by atoms with Crippen molar-refractivity contribution in [1.82, 2.24) is 4.98 Å². The van der Waals surface area contributed by atoms with Crippen LogP contribution in [0.15, 0.2) is 36.4 Å². The van der Waals surface area contributed by atoms with Gasteiger partial charge in [0.25, 0.3) is 0 Å². The molecule has 0 atom stereocenters. The van der Waals surface area contributed by atoms with Gasteiger partial charge in [-0.25, -0.2) is 13.8 Å². The fourth-order valence-corrected chi connectivity index (χ4v) is 3.04. The summed E-state index contributed by atoms with van der Waals surface area (Å²) in [6.07, 6.45) is -3.19. The summed E-state index contributed by atoms with van der Waals surface area (Å²) in [6, 6.07) is 8.13. The van der Waals surface area contributed by atoms with Gasteiger partial charge >= 0.3 is 6.18 Å². The van der Waals surface area contributed by atoms with E-state index in [1.807, 2.05) is 6.07 Å². The summed E-state index contributed by atoms with van der Waals surface area (Å²) in [5.74, 6) is -2.08. The molecule has 126 valence electrons. The Kier molecular flexibility index (Phi) is 4.27. The summed E-state index contributed by atoms with van der Waals surface area (Å²) in [5, 5.41) is 9.47. The highest BCUT2D eigenvalue weighted by atomic mass is 32.1. The third kappa shape index (κ3) is 3.51. The molecule has 0 aliphatic heterocycles. The first-order valence-corrected chi connectivity index (χ1v) is 7.64. The van der Waals surface area contributed by atoms with Crippen LogP contribution >= 0.6 is 11.3 Å². The number of halogens is 5. The van der Waals surface area contributed by atoms with Crippen LogP contribution in [0.5, 0.6) is 0 Å². The molecule has 25 heavy (non-hydrogen) atoms. The zero-order valence-electron chi connectivity index (χ0n) is 12.2. The first kappa shape index (κ1) is 17.0. The summed E-state index contributed by atoms with van der Waals surface area (Å²) in [6.45, 7) is 0. The molecular formula is C17H7F5N2S. The molecule has 0 aliphatic carbocycles. The molecule has 2 aromatic carbocycles. The number of nitriles is 1. The van der Waals surface area contributed by atoms with E-state index in [0.717, 1.165) is 35.6 Å². The molecule has 3 rings (SSSR count). The number of hydrogen-bond acceptors (Lipinski definition) is 3. The van der Waals surface area contributed by atoms with Crippen LogP contribution in [0.25, 0.3) is 21.9 Å². The van der Waals surface area contributed by atoms with Crippen molar-refractivity contribution in [3.8, 4) is 6.07 Å². The van der Waals surface area contributed by atoms with Gasteiger partial charge in [0.15, 0.2) is 11.6 Å². The van der Waals surface area contributed by atoms with Crippen LogP contribution in [-0.4, -0.2) is 4.98 Å². The molecule has 2 nitrogen and oxygen atoms in total. The number of fused-ring (bicyclic) bond motifs is 1. The van der Waals surface area contributed by atoms with E-state index < -0.39 is 23.4 Å². The fourth-order valence-electron chi connectivity index (χ4n) is 2.13. The average Bonchev–Trinajstić information content (AvgIpc) is 2.97. The Hall–Kier alpha value is -2.79. The topological polar surface area (TPSA) is 36.7 Å². The van der Waals surface area contributed by atoms with Crippen LogP contribution in [-0.2, 0) is 6.18 Å².